The number of hydrogen-bond donors (Lipinski definition) is 1. The number of nitrogens with zero attached hydrogens (tertiary/aromatic N) is 1. The summed E-state index contributed by atoms with van der Waals surface area (Å²) in [5.41, 5.74) is 2.42. The highest BCUT2D eigenvalue weighted by atomic mass is 14.9. The largest absolute Gasteiger partial charge is 0.381 e. The summed E-state index contributed by atoms with van der Waals surface area (Å²) in [4.78, 5) is 4.13. The number of hydrogen-bond acceptors (Lipinski definition) is 2. The van der Waals surface area contributed by atoms with E-state index in [2.05, 4.69) is 38.0 Å². The van der Waals surface area contributed by atoms with Crippen LogP contribution in [0, 0.1) is 12.8 Å². The molecule has 0 bridgehead atoms. The van der Waals surface area contributed by atoms with Crippen molar-refractivity contribution in [3.05, 3.63) is 24.0 Å². The fourth-order valence-corrected chi connectivity index (χ4v) is 1.55. The Balaban J connectivity index is 2.72. The van der Waals surface area contributed by atoms with Gasteiger partial charge < -0.3 is 5.32 Å². The highest BCUT2D eigenvalue weighted by Crippen LogP contribution is 2.17. The van der Waals surface area contributed by atoms with Crippen LogP contribution in [0.5, 0.6) is 0 Å². The van der Waals surface area contributed by atoms with Gasteiger partial charge in [-0.05, 0) is 30.9 Å². The summed E-state index contributed by atoms with van der Waals surface area (Å²) in [6.45, 7) is 8.81. The van der Waals surface area contributed by atoms with Crippen LogP contribution in [-0.4, -0.2) is 11.0 Å². The number of aryl methyl sites for hydroxylation is 1. The van der Waals surface area contributed by atoms with E-state index in [0.29, 0.717) is 12.0 Å². The van der Waals surface area contributed by atoms with Crippen LogP contribution in [-0.2, 0) is 0 Å². The second-order valence-corrected chi connectivity index (χ2v) is 4.09. The first-order chi connectivity index (χ1) is 6.65. The predicted octanol–water partition coefficient (Wildman–Crippen LogP) is 3.24. The summed E-state index contributed by atoms with van der Waals surface area (Å²) in [5, 5.41) is 3.53. The summed E-state index contributed by atoms with van der Waals surface area (Å²) >= 11 is 0. The molecule has 0 saturated carbocycles. The maximum absolute atomic E-state index is 4.13. The Hall–Kier alpha value is -1.05. The van der Waals surface area contributed by atoms with Crippen LogP contribution >= 0.6 is 0 Å². The topological polar surface area (TPSA) is 24.9 Å². The monoisotopic (exact) mass is 192 g/mol. The molecule has 0 radical (unpaired) electrons. The van der Waals surface area contributed by atoms with Crippen molar-refractivity contribution in [3.8, 4) is 0 Å². The van der Waals surface area contributed by atoms with Crippen molar-refractivity contribution in [2.45, 2.75) is 40.2 Å². The van der Waals surface area contributed by atoms with Gasteiger partial charge in [-0.25, -0.2) is 0 Å². The van der Waals surface area contributed by atoms with Crippen molar-refractivity contribution in [1.29, 1.82) is 0 Å². The highest BCUT2D eigenvalue weighted by molar-refractivity contribution is 5.48. The van der Waals surface area contributed by atoms with Gasteiger partial charge in [0.25, 0.3) is 0 Å². The van der Waals surface area contributed by atoms with Crippen molar-refractivity contribution >= 4 is 5.69 Å². The van der Waals surface area contributed by atoms with E-state index in [1.54, 1.807) is 0 Å². The summed E-state index contributed by atoms with van der Waals surface area (Å²) < 4.78 is 0. The average molecular weight is 192 g/mol. The molecule has 0 amide bonds. The lowest BCUT2D eigenvalue weighted by Crippen LogP contribution is -2.25. The third-order valence-corrected chi connectivity index (χ3v) is 2.62. The molecule has 1 heterocycles. The maximum atomic E-state index is 4.13. The number of nitrogens with one attached hydrogen (secondary N) is 1. The van der Waals surface area contributed by atoms with Crippen LogP contribution in [0.2, 0.25) is 0 Å². The normalized spacial score (nSPS) is 12.9. The Morgan fingerprint density at radius 3 is 2.64 bits per heavy atom. The van der Waals surface area contributed by atoms with Crippen LogP contribution in [0.25, 0.3) is 0 Å². The van der Waals surface area contributed by atoms with Crippen molar-refractivity contribution < 1.29 is 0 Å². The van der Waals surface area contributed by atoms with E-state index in [4.69, 9.17) is 0 Å². The van der Waals surface area contributed by atoms with Gasteiger partial charge in [-0.15, -0.1) is 0 Å². The van der Waals surface area contributed by atoms with E-state index >= 15 is 0 Å². The van der Waals surface area contributed by atoms with Gasteiger partial charge in [-0.1, -0.05) is 20.8 Å². The quantitative estimate of drug-likeness (QED) is 0.792. The first kappa shape index (κ1) is 11.0. The Kier molecular flexibility index (Phi) is 3.93. The minimum Gasteiger partial charge on any atom is -0.381 e. The lowest BCUT2D eigenvalue weighted by molar-refractivity contribution is 0.511. The summed E-state index contributed by atoms with van der Waals surface area (Å²) in [5.74, 6) is 0.652. The number of anilines is 1. The van der Waals surface area contributed by atoms with Gasteiger partial charge in [0.2, 0.25) is 0 Å². The summed E-state index contributed by atoms with van der Waals surface area (Å²) in [6, 6.07) is 2.58. The molecule has 0 aromatic carbocycles. The van der Waals surface area contributed by atoms with E-state index in [9.17, 15) is 0 Å². The molecule has 0 aliphatic carbocycles. The lowest BCUT2D eigenvalue weighted by Gasteiger charge is -2.22. The second-order valence-electron chi connectivity index (χ2n) is 4.09. The van der Waals surface area contributed by atoms with Gasteiger partial charge in [0.05, 0.1) is 11.9 Å². The standard InChI is InChI=1S/C12H20N2/c1-5-11(9(2)3)14-12-8-13-7-6-10(12)4/h6-9,11,14H,5H2,1-4H3/t11-/m1/s1. The predicted molar refractivity (Wildman–Crippen MR) is 61.5 cm³/mol. The van der Waals surface area contributed by atoms with E-state index in [1.165, 1.54) is 5.56 Å². The van der Waals surface area contributed by atoms with Crippen LogP contribution in [0.3, 0.4) is 0 Å². The Labute approximate surface area is 86.8 Å². The zero-order valence-electron chi connectivity index (χ0n) is 9.54. The van der Waals surface area contributed by atoms with Crippen LogP contribution < -0.4 is 5.32 Å². The van der Waals surface area contributed by atoms with Gasteiger partial charge in [0.1, 0.15) is 0 Å². The van der Waals surface area contributed by atoms with Gasteiger partial charge in [-0.2, -0.15) is 0 Å². The first-order valence-corrected chi connectivity index (χ1v) is 5.32. The zero-order chi connectivity index (χ0) is 10.6. The third kappa shape index (κ3) is 2.72. The Morgan fingerprint density at radius 1 is 1.43 bits per heavy atom. The number of pyridine rings is 1. The van der Waals surface area contributed by atoms with Gasteiger partial charge in [-0.3, -0.25) is 4.98 Å². The molecule has 0 saturated heterocycles. The van der Waals surface area contributed by atoms with E-state index in [-0.39, 0.29) is 0 Å². The van der Waals surface area contributed by atoms with Gasteiger partial charge >= 0.3 is 0 Å². The van der Waals surface area contributed by atoms with Crippen LogP contribution in [0.15, 0.2) is 18.5 Å². The van der Waals surface area contributed by atoms with Crippen molar-refractivity contribution in [2.75, 3.05) is 5.32 Å². The molecule has 0 aliphatic heterocycles. The molecule has 1 rings (SSSR count). The average Bonchev–Trinajstić information content (AvgIpc) is 2.16. The molecule has 1 atom stereocenters. The number of aromatic nitrogens is 1. The molecule has 0 aliphatic rings. The molecule has 0 unspecified atom stereocenters. The molecule has 1 aromatic heterocycles. The van der Waals surface area contributed by atoms with Gasteiger partial charge in [0, 0.05) is 12.2 Å². The number of rotatable bonds is 4. The van der Waals surface area contributed by atoms with Crippen LogP contribution in [0.1, 0.15) is 32.8 Å². The smallest absolute Gasteiger partial charge is 0.0558 e. The first-order valence-electron chi connectivity index (χ1n) is 5.32. The molecule has 1 N–H and O–H groups in total. The van der Waals surface area contributed by atoms with E-state index in [0.717, 1.165) is 12.1 Å². The molecule has 0 fully saturated rings. The SMILES string of the molecule is CC[C@@H](Nc1cnccc1C)C(C)C. The molecule has 78 valence electrons. The van der Waals surface area contributed by atoms with E-state index in [1.807, 2.05) is 18.5 Å². The molecule has 0 spiro atoms. The fraction of sp³-hybridized carbons (Fsp3) is 0.583. The van der Waals surface area contributed by atoms with Crippen molar-refractivity contribution in [1.82, 2.24) is 4.98 Å². The molecule has 1 aromatic rings. The summed E-state index contributed by atoms with van der Waals surface area (Å²) in [6.07, 6.45) is 4.88. The Morgan fingerprint density at radius 2 is 2.14 bits per heavy atom. The van der Waals surface area contributed by atoms with Gasteiger partial charge in [0.15, 0.2) is 0 Å². The van der Waals surface area contributed by atoms with Crippen molar-refractivity contribution in [3.63, 3.8) is 0 Å². The third-order valence-electron chi connectivity index (χ3n) is 2.62. The van der Waals surface area contributed by atoms with E-state index < -0.39 is 0 Å². The summed E-state index contributed by atoms with van der Waals surface area (Å²) in [7, 11) is 0. The lowest BCUT2D eigenvalue weighted by atomic mass is 10.0. The molecule has 14 heavy (non-hydrogen) atoms. The van der Waals surface area contributed by atoms with Crippen molar-refractivity contribution in [2.24, 2.45) is 5.92 Å². The second kappa shape index (κ2) is 4.99. The zero-order valence-corrected chi connectivity index (χ0v) is 9.54. The fourth-order valence-electron chi connectivity index (χ4n) is 1.55. The molecule has 2 heteroatoms. The minimum absolute atomic E-state index is 0.540. The Bertz CT molecular complexity index is 281. The molecule has 2 nitrogen and oxygen atoms in total. The van der Waals surface area contributed by atoms with Crippen LogP contribution in [0.4, 0.5) is 5.69 Å². The maximum Gasteiger partial charge on any atom is 0.0558 e. The minimum atomic E-state index is 0.540. The molecular weight excluding hydrogens is 172 g/mol. The molecular formula is C12H20N2. The highest BCUT2D eigenvalue weighted by Gasteiger charge is 2.11.